The standard InChI is InChI=1S/C13H20N2O2/c16-9-10-3-1-2-4-13(10)15-7-11-5-6-12(17)8-14-11/h5-6,8,10,13,15-17H,1-4,7,9H2. The molecule has 1 saturated carbocycles. The molecule has 0 aromatic carbocycles. The van der Waals surface area contributed by atoms with Gasteiger partial charge in [0.1, 0.15) is 5.75 Å². The third-order valence-electron chi connectivity index (χ3n) is 3.50. The maximum Gasteiger partial charge on any atom is 0.133 e. The molecule has 1 aromatic heterocycles. The molecule has 2 atom stereocenters. The first-order valence-corrected chi connectivity index (χ1v) is 6.27. The van der Waals surface area contributed by atoms with Gasteiger partial charge in [-0.25, -0.2) is 0 Å². The molecule has 0 spiro atoms. The van der Waals surface area contributed by atoms with Crippen LogP contribution in [0.3, 0.4) is 0 Å². The fourth-order valence-corrected chi connectivity index (χ4v) is 2.45. The number of aromatic hydroxyl groups is 1. The highest BCUT2D eigenvalue weighted by molar-refractivity contribution is 5.17. The molecule has 0 aliphatic heterocycles. The summed E-state index contributed by atoms with van der Waals surface area (Å²) < 4.78 is 0. The number of hydrogen-bond donors (Lipinski definition) is 3. The molecule has 0 amide bonds. The van der Waals surface area contributed by atoms with Crippen LogP contribution in [0.25, 0.3) is 0 Å². The van der Waals surface area contributed by atoms with Crippen LogP contribution in [0.15, 0.2) is 18.3 Å². The number of pyridine rings is 1. The first-order valence-electron chi connectivity index (χ1n) is 6.27. The Kier molecular flexibility index (Phi) is 4.34. The smallest absolute Gasteiger partial charge is 0.133 e. The second-order valence-corrected chi connectivity index (χ2v) is 4.72. The molecule has 1 aliphatic carbocycles. The quantitative estimate of drug-likeness (QED) is 0.740. The summed E-state index contributed by atoms with van der Waals surface area (Å²) in [6.07, 6.45) is 6.15. The monoisotopic (exact) mass is 236 g/mol. The van der Waals surface area contributed by atoms with Crippen molar-refractivity contribution in [3.63, 3.8) is 0 Å². The van der Waals surface area contributed by atoms with Gasteiger partial charge in [-0.2, -0.15) is 0 Å². The SMILES string of the molecule is OCC1CCCCC1NCc1ccc(O)cn1. The number of aromatic nitrogens is 1. The van der Waals surface area contributed by atoms with Gasteiger partial charge in [0.15, 0.2) is 0 Å². The van der Waals surface area contributed by atoms with E-state index in [1.807, 2.05) is 6.07 Å². The molecular formula is C13H20N2O2. The van der Waals surface area contributed by atoms with Crippen LogP contribution in [-0.4, -0.2) is 27.8 Å². The van der Waals surface area contributed by atoms with E-state index < -0.39 is 0 Å². The average molecular weight is 236 g/mol. The lowest BCUT2D eigenvalue weighted by Crippen LogP contribution is -2.39. The zero-order valence-corrected chi connectivity index (χ0v) is 9.97. The van der Waals surface area contributed by atoms with E-state index in [1.165, 1.54) is 19.0 Å². The van der Waals surface area contributed by atoms with Crippen molar-refractivity contribution in [3.8, 4) is 5.75 Å². The normalized spacial score (nSPS) is 24.8. The van der Waals surface area contributed by atoms with E-state index in [1.54, 1.807) is 6.07 Å². The summed E-state index contributed by atoms with van der Waals surface area (Å²) in [5, 5.41) is 21.9. The number of aliphatic hydroxyl groups excluding tert-OH is 1. The summed E-state index contributed by atoms with van der Waals surface area (Å²) in [6.45, 7) is 0.960. The first kappa shape index (κ1) is 12.3. The maximum atomic E-state index is 9.31. The third-order valence-corrected chi connectivity index (χ3v) is 3.50. The van der Waals surface area contributed by atoms with Crippen molar-refractivity contribution in [2.24, 2.45) is 5.92 Å². The summed E-state index contributed by atoms with van der Waals surface area (Å²) in [5.41, 5.74) is 0.921. The van der Waals surface area contributed by atoms with Crippen LogP contribution in [-0.2, 0) is 6.54 Å². The summed E-state index contributed by atoms with van der Waals surface area (Å²) in [5.74, 6) is 0.570. The molecule has 4 heteroatoms. The first-order chi connectivity index (χ1) is 8.29. The van der Waals surface area contributed by atoms with Crippen LogP contribution in [0.1, 0.15) is 31.4 Å². The molecule has 0 radical (unpaired) electrons. The van der Waals surface area contributed by atoms with Crippen molar-refractivity contribution in [2.45, 2.75) is 38.3 Å². The third kappa shape index (κ3) is 3.41. The van der Waals surface area contributed by atoms with Crippen molar-refractivity contribution in [2.75, 3.05) is 6.61 Å². The van der Waals surface area contributed by atoms with Gasteiger partial charge in [-0.3, -0.25) is 4.98 Å². The molecule has 94 valence electrons. The Bertz CT molecular complexity index is 340. The van der Waals surface area contributed by atoms with Gasteiger partial charge in [0, 0.05) is 19.2 Å². The fraction of sp³-hybridized carbons (Fsp3) is 0.615. The highest BCUT2D eigenvalue weighted by Crippen LogP contribution is 2.24. The Hall–Kier alpha value is -1.13. The zero-order valence-electron chi connectivity index (χ0n) is 9.97. The van der Waals surface area contributed by atoms with Gasteiger partial charge >= 0.3 is 0 Å². The van der Waals surface area contributed by atoms with E-state index >= 15 is 0 Å². The van der Waals surface area contributed by atoms with Gasteiger partial charge in [0.25, 0.3) is 0 Å². The van der Waals surface area contributed by atoms with Gasteiger partial charge in [-0.05, 0) is 30.9 Å². The summed E-state index contributed by atoms with van der Waals surface area (Å²) >= 11 is 0. The summed E-state index contributed by atoms with van der Waals surface area (Å²) in [7, 11) is 0. The minimum absolute atomic E-state index is 0.194. The minimum Gasteiger partial charge on any atom is -0.506 e. The Balaban J connectivity index is 1.86. The molecule has 1 aromatic rings. The van der Waals surface area contributed by atoms with E-state index in [0.29, 0.717) is 18.5 Å². The fourth-order valence-electron chi connectivity index (χ4n) is 2.45. The lowest BCUT2D eigenvalue weighted by molar-refractivity contribution is 0.152. The van der Waals surface area contributed by atoms with E-state index in [9.17, 15) is 5.11 Å². The molecule has 17 heavy (non-hydrogen) atoms. The summed E-state index contributed by atoms with van der Waals surface area (Å²) in [4.78, 5) is 4.14. The van der Waals surface area contributed by atoms with Gasteiger partial charge in [0.2, 0.25) is 0 Å². The molecule has 3 N–H and O–H groups in total. The van der Waals surface area contributed by atoms with Crippen LogP contribution in [0.2, 0.25) is 0 Å². The molecule has 2 rings (SSSR count). The van der Waals surface area contributed by atoms with Crippen LogP contribution < -0.4 is 5.32 Å². The van der Waals surface area contributed by atoms with Gasteiger partial charge < -0.3 is 15.5 Å². The predicted molar refractivity (Wildman–Crippen MR) is 65.6 cm³/mol. The Morgan fingerprint density at radius 1 is 1.29 bits per heavy atom. The van der Waals surface area contributed by atoms with Crippen LogP contribution in [0.5, 0.6) is 5.75 Å². The molecule has 1 heterocycles. The van der Waals surface area contributed by atoms with Crippen LogP contribution in [0, 0.1) is 5.92 Å². The lowest BCUT2D eigenvalue weighted by Gasteiger charge is -2.30. The molecule has 1 fully saturated rings. The van der Waals surface area contributed by atoms with Gasteiger partial charge in [0.05, 0.1) is 11.9 Å². The lowest BCUT2D eigenvalue weighted by atomic mass is 9.85. The topological polar surface area (TPSA) is 65.4 Å². The van der Waals surface area contributed by atoms with E-state index in [4.69, 9.17) is 5.11 Å². The molecular weight excluding hydrogens is 216 g/mol. The molecule has 0 saturated heterocycles. The largest absolute Gasteiger partial charge is 0.506 e. The number of nitrogens with one attached hydrogen (secondary N) is 1. The number of aliphatic hydroxyl groups is 1. The van der Waals surface area contributed by atoms with Crippen molar-refractivity contribution in [1.82, 2.24) is 10.3 Å². The van der Waals surface area contributed by atoms with E-state index in [2.05, 4.69) is 10.3 Å². The van der Waals surface area contributed by atoms with Crippen molar-refractivity contribution in [3.05, 3.63) is 24.0 Å². The highest BCUT2D eigenvalue weighted by atomic mass is 16.3. The van der Waals surface area contributed by atoms with Crippen molar-refractivity contribution in [1.29, 1.82) is 0 Å². The summed E-state index contributed by atoms with van der Waals surface area (Å²) in [6, 6.07) is 3.86. The van der Waals surface area contributed by atoms with E-state index in [-0.39, 0.29) is 12.4 Å². The Morgan fingerprint density at radius 3 is 2.82 bits per heavy atom. The molecule has 2 unspecified atom stereocenters. The number of rotatable bonds is 4. The number of nitrogens with zero attached hydrogens (tertiary/aromatic N) is 1. The van der Waals surface area contributed by atoms with Gasteiger partial charge in [-0.15, -0.1) is 0 Å². The van der Waals surface area contributed by atoms with E-state index in [0.717, 1.165) is 18.5 Å². The predicted octanol–water partition coefficient (Wildman–Crippen LogP) is 1.43. The van der Waals surface area contributed by atoms with Gasteiger partial charge in [-0.1, -0.05) is 12.8 Å². The average Bonchev–Trinajstić information content (AvgIpc) is 2.38. The molecule has 0 bridgehead atoms. The Morgan fingerprint density at radius 2 is 2.12 bits per heavy atom. The highest BCUT2D eigenvalue weighted by Gasteiger charge is 2.23. The Labute approximate surface area is 102 Å². The molecule has 1 aliphatic rings. The van der Waals surface area contributed by atoms with Crippen molar-refractivity contribution >= 4 is 0 Å². The van der Waals surface area contributed by atoms with Crippen LogP contribution in [0.4, 0.5) is 0 Å². The number of hydrogen-bond acceptors (Lipinski definition) is 4. The molecule has 4 nitrogen and oxygen atoms in total. The second kappa shape index (κ2) is 5.98. The zero-order chi connectivity index (χ0) is 12.1. The minimum atomic E-state index is 0.194. The second-order valence-electron chi connectivity index (χ2n) is 4.72. The van der Waals surface area contributed by atoms with Crippen molar-refractivity contribution < 1.29 is 10.2 Å². The van der Waals surface area contributed by atoms with Crippen LogP contribution >= 0.6 is 0 Å². The maximum absolute atomic E-state index is 9.31.